The fraction of sp³-hybridized carbons (Fsp3) is 0.192. The molecule has 4 aromatic rings. The van der Waals surface area contributed by atoms with Gasteiger partial charge in [0.1, 0.15) is 0 Å². The van der Waals surface area contributed by atoms with E-state index >= 15 is 0 Å². The molecule has 0 unspecified atom stereocenters. The molecule has 0 bridgehead atoms. The number of nitrogens with zero attached hydrogens (tertiary/aromatic N) is 1. The van der Waals surface area contributed by atoms with Crippen molar-refractivity contribution in [2.45, 2.75) is 26.3 Å². The Morgan fingerprint density at radius 1 is 1.06 bits per heavy atom. The Balaban J connectivity index is 1.59. The summed E-state index contributed by atoms with van der Waals surface area (Å²) in [6.07, 6.45) is 0.750. The fourth-order valence-electron chi connectivity index (χ4n) is 4.50. The third kappa shape index (κ3) is 3.64. The number of fused-ring (bicyclic) bond motifs is 3. The van der Waals surface area contributed by atoms with Crippen LogP contribution in [0.3, 0.4) is 0 Å². The number of amides is 2. The van der Waals surface area contributed by atoms with Crippen molar-refractivity contribution in [1.82, 2.24) is 9.88 Å². The maximum Gasteiger partial charge on any atom is 0.322 e. The Kier molecular flexibility index (Phi) is 5.36. The second kappa shape index (κ2) is 8.19. The SMILES string of the molecule is Cc1ccc([C@@H]2c3[nH]c4ccc(Cl)cc4c3CCN2C(=O)Nc2cccc(Cl)c2C)cc1. The van der Waals surface area contributed by atoms with Crippen LogP contribution in [0, 0.1) is 13.8 Å². The molecule has 6 heteroatoms. The predicted molar refractivity (Wildman–Crippen MR) is 132 cm³/mol. The highest BCUT2D eigenvalue weighted by Gasteiger charge is 2.34. The van der Waals surface area contributed by atoms with Gasteiger partial charge in [-0.2, -0.15) is 0 Å². The second-order valence-electron chi connectivity index (χ2n) is 8.31. The zero-order valence-corrected chi connectivity index (χ0v) is 19.4. The van der Waals surface area contributed by atoms with E-state index in [1.54, 1.807) is 0 Å². The number of aryl methyl sites for hydroxylation is 1. The summed E-state index contributed by atoms with van der Waals surface area (Å²) in [7, 11) is 0. The van der Waals surface area contributed by atoms with E-state index in [0.29, 0.717) is 16.6 Å². The number of H-pyrrole nitrogens is 1. The van der Waals surface area contributed by atoms with Crippen molar-refractivity contribution in [3.63, 3.8) is 0 Å². The van der Waals surface area contributed by atoms with Crippen molar-refractivity contribution in [2.24, 2.45) is 0 Å². The molecule has 2 heterocycles. The number of rotatable bonds is 2. The number of carbonyl (C=O) groups is 1. The highest BCUT2D eigenvalue weighted by molar-refractivity contribution is 6.32. The van der Waals surface area contributed by atoms with Crippen LogP contribution >= 0.6 is 23.2 Å². The van der Waals surface area contributed by atoms with E-state index < -0.39 is 0 Å². The molecule has 1 aliphatic heterocycles. The van der Waals surface area contributed by atoms with E-state index in [4.69, 9.17) is 23.2 Å². The summed E-state index contributed by atoms with van der Waals surface area (Å²) in [5.74, 6) is 0. The number of hydrogen-bond donors (Lipinski definition) is 2. The van der Waals surface area contributed by atoms with E-state index in [9.17, 15) is 4.79 Å². The molecule has 32 heavy (non-hydrogen) atoms. The lowest BCUT2D eigenvalue weighted by Crippen LogP contribution is -2.43. The minimum atomic E-state index is -0.231. The highest BCUT2D eigenvalue weighted by Crippen LogP contribution is 2.39. The van der Waals surface area contributed by atoms with Crippen molar-refractivity contribution >= 4 is 45.8 Å². The van der Waals surface area contributed by atoms with Crippen molar-refractivity contribution < 1.29 is 4.79 Å². The van der Waals surface area contributed by atoms with Crippen molar-refractivity contribution in [1.29, 1.82) is 0 Å². The quantitative estimate of drug-likeness (QED) is 0.322. The number of anilines is 1. The summed E-state index contributed by atoms with van der Waals surface area (Å²) >= 11 is 12.6. The summed E-state index contributed by atoms with van der Waals surface area (Å²) in [5, 5.41) is 5.54. The number of aromatic nitrogens is 1. The molecule has 0 saturated carbocycles. The lowest BCUT2D eigenvalue weighted by atomic mass is 9.92. The largest absolute Gasteiger partial charge is 0.356 e. The molecule has 5 rings (SSSR count). The first kappa shape index (κ1) is 20.9. The van der Waals surface area contributed by atoms with Crippen LogP contribution in [0.25, 0.3) is 10.9 Å². The Morgan fingerprint density at radius 3 is 2.62 bits per heavy atom. The molecule has 2 amide bonds. The van der Waals surface area contributed by atoms with Crippen LogP contribution in [0.2, 0.25) is 10.0 Å². The zero-order valence-electron chi connectivity index (χ0n) is 17.9. The third-order valence-corrected chi connectivity index (χ3v) is 6.90. The zero-order chi connectivity index (χ0) is 22.4. The second-order valence-corrected chi connectivity index (χ2v) is 9.15. The van der Waals surface area contributed by atoms with Gasteiger partial charge in [0.2, 0.25) is 0 Å². The van der Waals surface area contributed by atoms with E-state index in [1.165, 1.54) is 11.1 Å². The average Bonchev–Trinajstić information content (AvgIpc) is 3.15. The van der Waals surface area contributed by atoms with Gasteiger partial charge >= 0.3 is 6.03 Å². The van der Waals surface area contributed by atoms with Gasteiger partial charge in [-0.3, -0.25) is 0 Å². The number of halogens is 2. The number of urea groups is 1. The number of nitrogens with one attached hydrogen (secondary N) is 2. The van der Waals surface area contributed by atoms with Crippen LogP contribution in [0.1, 0.15) is 34.0 Å². The normalized spacial score (nSPS) is 15.6. The molecular weight excluding hydrogens is 441 g/mol. The molecule has 4 nitrogen and oxygen atoms in total. The molecule has 2 N–H and O–H groups in total. The topological polar surface area (TPSA) is 48.1 Å². The van der Waals surface area contributed by atoms with Gasteiger partial charge in [-0.25, -0.2) is 4.79 Å². The smallest absolute Gasteiger partial charge is 0.322 e. The number of hydrogen-bond acceptors (Lipinski definition) is 1. The minimum absolute atomic E-state index is 0.150. The Morgan fingerprint density at radius 2 is 1.84 bits per heavy atom. The fourth-order valence-corrected chi connectivity index (χ4v) is 4.85. The van der Waals surface area contributed by atoms with Crippen LogP contribution in [0.15, 0.2) is 60.7 Å². The number of aromatic amines is 1. The molecule has 0 radical (unpaired) electrons. The van der Waals surface area contributed by atoms with Gasteiger partial charge in [0.15, 0.2) is 0 Å². The summed E-state index contributed by atoms with van der Waals surface area (Å²) in [4.78, 5) is 19.0. The molecule has 1 aromatic heterocycles. The van der Waals surface area contributed by atoms with Gasteiger partial charge in [-0.1, -0.05) is 59.1 Å². The van der Waals surface area contributed by atoms with E-state index in [1.807, 2.05) is 48.2 Å². The third-order valence-electron chi connectivity index (χ3n) is 6.25. The molecule has 0 aliphatic carbocycles. The minimum Gasteiger partial charge on any atom is -0.356 e. The standard InChI is InChI=1S/C26H23Cl2N3O/c1-15-6-8-17(9-7-15)25-24-19(20-14-18(27)10-11-23(20)29-24)12-13-31(25)26(32)30-22-5-3-4-21(28)16(22)2/h3-11,14,25,29H,12-13H2,1-2H3,(H,30,32)/t25-/m1/s1. The van der Waals surface area contributed by atoms with Gasteiger partial charge in [0.25, 0.3) is 0 Å². The Labute approximate surface area is 197 Å². The number of benzene rings is 3. The first-order valence-corrected chi connectivity index (χ1v) is 11.4. The lowest BCUT2D eigenvalue weighted by molar-refractivity contribution is 0.193. The van der Waals surface area contributed by atoms with Gasteiger partial charge in [0, 0.05) is 38.9 Å². The first-order chi connectivity index (χ1) is 15.4. The average molecular weight is 464 g/mol. The Hall–Kier alpha value is -2.95. The monoisotopic (exact) mass is 463 g/mol. The van der Waals surface area contributed by atoms with Crippen LogP contribution in [0.4, 0.5) is 10.5 Å². The first-order valence-electron chi connectivity index (χ1n) is 10.6. The summed E-state index contributed by atoms with van der Waals surface area (Å²) in [6, 6.07) is 19.4. The van der Waals surface area contributed by atoms with Crippen molar-refractivity contribution in [3.05, 3.63) is 98.7 Å². The van der Waals surface area contributed by atoms with Crippen molar-refractivity contribution in [2.75, 3.05) is 11.9 Å². The van der Waals surface area contributed by atoms with Gasteiger partial charge in [0.05, 0.1) is 6.04 Å². The van der Waals surface area contributed by atoms with E-state index in [-0.39, 0.29) is 12.1 Å². The molecule has 0 saturated heterocycles. The molecule has 162 valence electrons. The van der Waals surface area contributed by atoms with Crippen LogP contribution < -0.4 is 5.32 Å². The van der Waals surface area contributed by atoms with Crippen molar-refractivity contribution in [3.8, 4) is 0 Å². The molecule has 1 atom stereocenters. The predicted octanol–water partition coefficient (Wildman–Crippen LogP) is 7.27. The summed E-state index contributed by atoms with van der Waals surface area (Å²) in [5.41, 5.74) is 7.11. The summed E-state index contributed by atoms with van der Waals surface area (Å²) < 4.78 is 0. The lowest BCUT2D eigenvalue weighted by Gasteiger charge is -2.36. The van der Waals surface area contributed by atoms with Gasteiger partial charge in [-0.05, 0) is 67.3 Å². The van der Waals surface area contributed by atoms with Crippen LogP contribution in [0.5, 0.6) is 0 Å². The maximum atomic E-state index is 13.5. The van der Waals surface area contributed by atoms with E-state index in [0.717, 1.165) is 39.8 Å². The van der Waals surface area contributed by atoms with Crippen LogP contribution in [-0.4, -0.2) is 22.5 Å². The van der Waals surface area contributed by atoms with Gasteiger partial charge < -0.3 is 15.2 Å². The number of carbonyl (C=O) groups excluding carboxylic acids is 1. The van der Waals surface area contributed by atoms with E-state index in [2.05, 4.69) is 41.5 Å². The molecule has 1 aliphatic rings. The maximum absolute atomic E-state index is 13.5. The molecule has 0 fully saturated rings. The Bertz CT molecular complexity index is 1330. The summed E-state index contributed by atoms with van der Waals surface area (Å²) in [6.45, 7) is 4.56. The van der Waals surface area contributed by atoms with Crippen LogP contribution in [-0.2, 0) is 6.42 Å². The van der Waals surface area contributed by atoms with Gasteiger partial charge in [-0.15, -0.1) is 0 Å². The highest BCUT2D eigenvalue weighted by atomic mass is 35.5. The molecule has 0 spiro atoms. The molecular formula is C26H23Cl2N3O. The molecule has 3 aromatic carbocycles.